The Labute approximate surface area is 324 Å². The molecule has 0 amide bonds. The van der Waals surface area contributed by atoms with Gasteiger partial charge in [-0.2, -0.15) is 0 Å². The van der Waals surface area contributed by atoms with E-state index < -0.39 is 0 Å². The highest BCUT2D eigenvalue weighted by molar-refractivity contribution is 7.99. The molecule has 9 aromatic rings. The zero-order valence-electron chi connectivity index (χ0n) is 30.5. The van der Waals surface area contributed by atoms with Gasteiger partial charge in [-0.05, 0) is 106 Å². The summed E-state index contributed by atoms with van der Waals surface area (Å²) in [7, 11) is 0. The van der Waals surface area contributed by atoms with Gasteiger partial charge in [0.05, 0.1) is 11.4 Å². The van der Waals surface area contributed by atoms with Crippen LogP contribution in [0.4, 0.5) is 28.4 Å². The number of fused-ring (bicyclic) bond motifs is 8. The summed E-state index contributed by atoms with van der Waals surface area (Å²) in [6.07, 6.45) is 0. The Bertz CT molecular complexity index is 2980. The monoisotopic (exact) mass is 724 g/mol. The molecule has 4 heteroatoms. The molecular formula is C51H36N2OS. The largest absolute Gasteiger partial charge is 0.455 e. The number of anilines is 5. The standard InChI is InChI=1S/C51H36N2OS/c1-51(2)43-22-8-6-18-38(43)40-21-13-20-37(49(40)51)32-14-12-15-34(28-32)52-35-30-41(50-42(31-35)39-19-7-10-24-46(39)54-50)33-26-27-45-48(29-33)55-47-25-11-9-23-44(47)53(45)36-16-4-3-5-17-36/h3-31,52H,1-2H3. The maximum Gasteiger partial charge on any atom is 0.143 e. The van der Waals surface area contributed by atoms with Crippen LogP contribution in [0.3, 0.4) is 0 Å². The number of hydrogen-bond donors (Lipinski definition) is 1. The van der Waals surface area contributed by atoms with Crippen LogP contribution in [0.1, 0.15) is 25.0 Å². The third kappa shape index (κ3) is 5.06. The van der Waals surface area contributed by atoms with Crippen LogP contribution < -0.4 is 10.2 Å². The molecule has 1 aromatic heterocycles. The average molecular weight is 725 g/mol. The minimum absolute atomic E-state index is 0.0956. The van der Waals surface area contributed by atoms with Crippen molar-refractivity contribution in [1.82, 2.24) is 0 Å². The molecule has 8 aromatic carbocycles. The van der Waals surface area contributed by atoms with Crippen LogP contribution in [0.25, 0.3) is 55.3 Å². The molecule has 11 rings (SSSR count). The number of benzene rings is 8. The molecule has 0 spiro atoms. The molecule has 2 aliphatic rings. The molecule has 0 saturated heterocycles. The lowest BCUT2D eigenvalue weighted by Crippen LogP contribution is -2.16. The predicted molar refractivity (Wildman–Crippen MR) is 231 cm³/mol. The Balaban J connectivity index is 1.02. The highest BCUT2D eigenvalue weighted by Crippen LogP contribution is 2.54. The maximum atomic E-state index is 6.65. The van der Waals surface area contributed by atoms with Crippen molar-refractivity contribution < 1.29 is 4.42 Å². The molecule has 0 saturated carbocycles. The molecule has 0 unspecified atom stereocenters. The number of rotatable bonds is 5. The fourth-order valence-electron chi connectivity index (χ4n) is 8.91. The van der Waals surface area contributed by atoms with Gasteiger partial charge in [-0.25, -0.2) is 0 Å². The topological polar surface area (TPSA) is 28.4 Å². The first-order valence-corrected chi connectivity index (χ1v) is 19.7. The summed E-state index contributed by atoms with van der Waals surface area (Å²) in [5.41, 5.74) is 17.3. The molecule has 55 heavy (non-hydrogen) atoms. The van der Waals surface area contributed by atoms with Gasteiger partial charge in [-0.1, -0.05) is 135 Å². The van der Waals surface area contributed by atoms with Crippen LogP contribution in [0.15, 0.2) is 190 Å². The second-order valence-corrected chi connectivity index (χ2v) is 16.1. The fourth-order valence-corrected chi connectivity index (χ4v) is 10.0. The van der Waals surface area contributed by atoms with Crippen LogP contribution in [0.2, 0.25) is 0 Å². The van der Waals surface area contributed by atoms with Crippen molar-refractivity contribution in [2.75, 3.05) is 10.2 Å². The Morgan fingerprint density at radius 2 is 1.24 bits per heavy atom. The smallest absolute Gasteiger partial charge is 0.143 e. The molecule has 0 fully saturated rings. The minimum atomic E-state index is -0.0956. The van der Waals surface area contributed by atoms with Crippen molar-refractivity contribution in [3.8, 4) is 33.4 Å². The van der Waals surface area contributed by atoms with Crippen molar-refractivity contribution in [2.45, 2.75) is 29.1 Å². The van der Waals surface area contributed by atoms with Gasteiger partial charge in [0.25, 0.3) is 0 Å². The van der Waals surface area contributed by atoms with E-state index in [9.17, 15) is 0 Å². The summed E-state index contributed by atoms with van der Waals surface area (Å²) >= 11 is 1.82. The average Bonchev–Trinajstić information content (AvgIpc) is 3.72. The third-order valence-electron chi connectivity index (χ3n) is 11.4. The molecule has 1 N–H and O–H groups in total. The maximum absolute atomic E-state index is 6.65. The first-order chi connectivity index (χ1) is 27.0. The molecule has 0 bridgehead atoms. The summed E-state index contributed by atoms with van der Waals surface area (Å²) < 4.78 is 6.65. The van der Waals surface area contributed by atoms with E-state index >= 15 is 0 Å². The van der Waals surface area contributed by atoms with Crippen LogP contribution in [0.5, 0.6) is 0 Å². The van der Waals surface area contributed by atoms with E-state index in [1.54, 1.807) is 0 Å². The number of nitrogens with one attached hydrogen (secondary N) is 1. The quantitative estimate of drug-likeness (QED) is 0.191. The fraction of sp³-hybridized carbons (Fsp3) is 0.0588. The molecule has 1 aliphatic carbocycles. The molecular weight excluding hydrogens is 689 g/mol. The SMILES string of the molecule is CC1(C)c2ccccc2-c2cccc(-c3cccc(Nc4cc(-c5ccc6c(c5)Sc5ccccc5N6c5ccccc5)c5oc6ccccc6c5c4)c3)c21. The van der Waals surface area contributed by atoms with Gasteiger partial charge in [-0.15, -0.1) is 0 Å². The van der Waals surface area contributed by atoms with Gasteiger partial charge in [0.15, 0.2) is 0 Å². The molecule has 3 nitrogen and oxygen atoms in total. The summed E-state index contributed by atoms with van der Waals surface area (Å²) in [6.45, 7) is 4.71. The molecule has 1 aliphatic heterocycles. The van der Waals surface area contributed by atoms with Crippen LogP contribution in [-0.2, 0) is 5.41 Å². The lowest BCUT2D eigenvalue weighted by molar-refractivity contribution is 0.662. The summed E-state index contributed by atoms with van der Waals surface area (Å²) in [5, 5.41) is 6.02. The second-order valence-electron chi connectivity index (χ2n) is 15.0. The zero-order chi connectivity index (χ0) is 36.7. The van der Waals surface area contributed by atoms with Crippen LogP contribution in [0, 0.1) is 0 Å². The van der Waals surface area contributed by atoms with Crippen molar-refractivity contribution in [1.29, 1.82) is 0 Å². The lowest BCUT2D eigenvalue weighted by Gasteiger charge is -2.33. The molecule has 2 heterocycles. The van der Waals surface area contributed by atoms with Gasteiger partial charge >= 0.3 is 0 Å². The van der Waals surface area contributed by atoms with E-state index in [0.717, 1.165) is 50.1 Å². The van der Waals surface area contributed by atoms with Gasteiger partial charge in [0.1, 0.15) is 11.2 Å². The van der Waals surface area contributed by atoms with E-state index in [1.165, 1.54) is 54.5 Å². The Kier molecular flexibility index (Phi) is 7.14. The number of nitrogens with zero attached hydrogens (tertiary/aromatic N) is 1. The second kappa shape index (κ2) is 12.3. The highest BCUT2D eigenvalue weighted by atomic mass is 32.2. The molecule has 262 valence electrons. The van der Waals surface area contributed by atoms with Crippen molar-refractivity contribution in [3.05, 3.63) is 187 Å². The van der Waals surface area contributed by atoms with E-state index in [4.69, 9.17) is 4.42 Å². The van der Waals surface area contributed by atoms with Gasteiger partial charge in [0, 0.05) is 48.6 Å². The van der Waals surface area contributed by atoms with E-state index in [-0.39, 0.29) is 5.41 Å². The summed E-state index contributed by atoms with van der Waals surface area (Å²) in [5.74, 6) is 0. The van der Waals surface area contributed by atoms with Gasteiger partial charge in [-0.3, -0.25) is 0 Å². The van der Waals surface area contributed by atoms with Crippen molar-refractivity contribution in [3.63, 3.8) is 0 Å². The Hall–Kier alpha value is -6.49. The summed E-state index contributed by atoms with van der Waals surface area (Å²) in [6, 6.07) is 63.4. The third-order valence-corrected chi connectivity index (χ3v) is 12.5. The van der Waals surface area contributed by atoms with E-state index in [2.05, 4.69) is 194 Å². The lowest BCUT2D eigenvalue weighted by atomic mass is 9.79. The number of para-hydroxylation sites is 3. The Morgan fingerprint density at radius 1 is 0.509 bits per heavy atom. The predicted octanol–water partition coefficient (Wildman–Crippen LogP) is 14.9. The molecule has 0 radical (unpaired) electrons. The van der Waals surface area contributed by atoms with Crippen LogP contribution >= 0.6 is 11.8 Å². The normalized spacial score (nSPS) is 13.7. The van der Waals surface area contributed by atoms with Gasteiger partial charge < -0.3 is 14.6 Å². The van der Waals surface area contributed by atoms with E-state index in [1.807, 2.05) is 17.8 Å². The van der Waals surface area contributed by atoms with Crippen molar-refractivity contribution >= 4 is 62.1 Å². The number of furan rings is 1. The zero-order valence-corrected chi connectivity index (χ0v) is 31.3. The minimum Gasteiger partial charge on any atom is -0.455 e. The first kappa shape index (κ1) is 32.0. The van der Waals surface area contributed by atoms with E-state index in [0.29, 0.717) is 0 Å². The van der Waals surface area contributed by atoms with Crippen molar-refractivity contribution in [2.24, 2.45) is 0 Å². The first-order valence-electron chi connectivity index (χ1n) is 18.8. The summed E-state index contributed by atoms with van der Waals surface area (Å²) in [4.78, 5) is 4.81. The molecule has 0 atom stereocenters. The Morgan fingerprint density at radius 3 is 2.16 bits per heavy atom. The van der Waals surface area contributed by atoms with Crippen LogP contribution in [-0.4, -0.2) is 0 Å². The highest BCUT2D eigenvalue weighted by Gasteiger charge is 2.37. The number of hydrogen-bond acceptors (Lipinski definition) is 4. The van der Waals surface area contributed by atoms with Gasteiger partial charge in [0.2, 0.25) is 0 Å².